The highest BCUT2D eigenvalue weighted by molar-refractivity contribution is 6.18. The van der Waals surface area contributed by atoms with Crippen LogP contribution in [0.5, 0.6) is 0 Å². The van der Waals surface area contributed by atoms with Crippen LogP contribution in [-0.4, -0.2) is 72.4 Å². The first-order valence-electron chi connectivity index (χ1n) is 18.5. The van der Waals surface area contributed by atoms with E-state index < -0.39 is 12.2 Å². The summed E-state index contributed by atoms with van der Waals surface area (Å²) in [7, 11) is 1.44. The SMILES string of the molecule is COC(=O)CC[C@@H](C)[C@H]1CC[C@H]2[C@@H]3[C@H](O)C[C@@H]4C[C@H](OC(=O)CCCc5ccc(N(CCCl)CCCl)cc5)CC[C@]4(C)[C@H]3C[C@H](O)[C@]12C. The van der Waals surface area contributed by atoms with Gasteiger partial charge in [-0.1, -0.05) is 32.9 Å². The molecule has 0 heterocycles. The van der Waals surface area contributed by atoms with Crippen LogP contribution in [0.3, 0.4) is 0 Å². The summed E-state index contributed by atoms with van der Waals surface area (Å²) in [5, 5.41) is 23.6. The van der Waals surface area contributed by atoms with E-state index in [0.29, 0.717) is 42.9 Å². The van der Waals surface area contributed by atoms with E-state index in [9.17, 15) is 19.8 Å². The van der Waals surface area contributed by atoms with E-state index in [2.05, 4.69) is 49.9 Å². The zero-order chi connectivity index (χ0) is 34.6. The van der Waals surface area contributed by atoms with Crippen molar-refractivity contribution in [3.63, 3.8) is 0 Å². The van der Waals surface area contributed by atoms with E-state index in [-0.39, 0.29) is 52.5 Å². The molecule has 0 radical (unpaired) electrons. The van der Waals surface area contributed by atoms with Crippen LogP contribution in [0.2, 0.25) is 0 Å². The third-order valence-corrected chi connectivity index (χ3v) is 14.0. The number of anilines is 1. The summed E-state index contributed by atoms with van der Waals surface area (Å²) in [6.07, 6.45) is 8.24. The van der Waals surface area contributed by atoms with Crippen LogP contribution in [0, 0.1) is 46.3 Å². The Balaban J connectivity index is 1.14. The van der Waals surface area contributed by atoms with E-state index in [0.717, 1.165) is 76.6 Å². The Morgan fingerprint density at radius 3 is 2.33 bits per heavy atom. The number of alkyl halides is 2. The van der Waals surface area contributed by atoms with Crippen LogP contribution in [-0.2, 0) is 25.5 Å². The molecule has 4 aliphatic carbocycles. The predicted octanol–water partition coefficient (Wildman–Crippen LogP) is 7.39. The van der Waals surface area contributed by atoms with Gasteiger partial charge < -0.3 is 24.6 Å². The minimum absolute atomic E-state index is 0.0129. The maximum Gasteiger partial charge on any atom is 0.306 e. The van der Waals surface area contributed by atoms with E-state index >= 15 is 0 Å². The number of aliphatic hydroxyl groups excluding tert-OH is 2. The van der Waals surface area contributed by atoms with Crippen LogP contribution >= 0.6 is 23.2 Å². The molecule has 0 aromatic heterocycles. The maximum absolute atomic E-state index is 12.9. The Hall–Kier alpha value is -1.54. The molecule has 0 saturated heterocycles. The van der Waals surface area contributed by atoms with Crippen molar-refractivity contribution in [2.75, 3.05) is 36.9 Å². The lowest BCUT2D eigenvalue weighted by atomic mass is 9.43. The maximum atomic E-state index is 12.9. The van der Waals surface area contributed by atoms with Gasteiger partial charge in [0.05, 0.1) is 19.3 Å². The lowest BCUT2D eigenvalue weighted by molar-refractivity contribution is -0.209. The van der Waals surface area contributed by atoms with Crippen LogP contribution in [0.15, 0.2) is 24.3 Å². The highest BCUT2D eigenvalue weighted by Gasteiger charge is 2.65. The molecule has 270 valence electrons. The minimum atomic E-state index is -0.429. The summed E-state index contributed by atoms with van der Waals surface area (Å²) in [6.45, 7) is 8.37. The average molecular weight is 709 g/mol. The molecular formula is C39H59Cl2NO6. The summed E-state index contributed by atoms with van der Waals surface area (Å²) >= 11 is 11.9. The number of benzene rings is 1. The second-order valence-electron chi connectivity index (χ2n) is 16.0. The van der Waals surface area contributed by atoms with Crippen LogP contribution in [0.25, 0.3) is 0 Å². The van der Waals surface area contributed by atoms with E-state index in [1.807, 2.05) is 0 Å². The lowest BCUT2D eigenvalue weighted by Gasteiger charge is -2.63. The Morgan fingerprint density at radius 1 is 0.958 bits per heavy atom. The zero-order valence-corrected chi connectivity index (χ0v) is 31.1. The molecule has 4 fully saturated rings. The molecule has 5 rings (SSSR count). The van der Waals surface area contributed by atoms with Crippen LogP contribution in [0.1, 0.15) is 97.0 Å². The van der Waals surface area contributed by atoms with Crippen molar-refractivity contribution in [3.8, 4) is 0 Å². The average Bonchev–Trinajstić information content (AvgIpc) is 3.43. The number of methoxy groups -OCH3 is 1. The Labute approximate surface area is 298 Å². The number of aryl methyl sites for hydroxylation is 1. The van der Waals surface area contributed by atoms with Crippen LogP contribution in [0.4, 0.5) is 5.69 Å². The zero-order valence-electron chi connectivity index (χ0n) is 29.5. The summed E-state index contributed by atoms with van der Waals surface area (Å²) < 4.78 is 10.9. The van der Waals surface area contributed by atoms with Gasteiger partial charge in [-0.05, 0) is 128 Å². The number of fused-ring (bicyclic) bond motifs is 5. The van der Waals surface area contributed by atoms with Gasteiger partial charge in [0.2, 0.25) is 0 Å². The first kappa shape index (κ1) is 37.7. The molecule has 1 aromatic carbocycles. The molecule has 0 spiro atoms. The van der Waals surface area contributed by atoms with Crippen molar-refractivity contribution in [2.24, 2.45) is 46.3 Å². The topological polar surface area (TPSA) is 96.3 Å². The van der Waals surface area contributed by atoms with Crippen molar-refractivity contribution in [3.05, 3.63) is 29.8 Å². The second kappa shape index (κ2) is 16.2. The first-order chi connectivity index (χ1) is 23.0. The largest absolute Gasteiger partial charge is 0.469 e. The molecule has 0 aliphatic heterocycles. The number of ether oxygens (including phenoxy) is 2. The number of halogens is 2. The van der Waals surface area contributed by atoms with Gasteiger partial charge in [0, 0.05) is 43.4 Å². The minimum Gasteiger partial charge on any atom is -0.469 e. The van der Waals surface area contributed by atoms with Gasteiger partial charge in [-0.3, -0.25) is 9.59 Å². The summed E-state index contributed by atoms with van der Waals surface area (Å²) in [6, 6.07) is 8.42. The molecule has 0 unspecified atom stereocenters. The number of rotatable bonds is 14. The molecule has 7 nitrogen and oxygen atoms in total. The molecule has 11 atom stereocenters. The van der Waals surface area contributed by atoms with E-state index in [1.165, 1.54) is 12.7 Å². The standard InChI is InChI=1S/C39H59Cl2NO6/c1-25(8-15-35(45)47-4)30-13-14-31-37-32(24-34(44)39(30,31)3)38(2)17-16-29(22-27(38)23-33(37)43)48-36(46)7-5-6-26-9-11-28(12-10-26)42(20-18-40)21-19-41/h9-12,25,27,29-34,37,43-44H,5-8,13-24H2,1-4H3/t25-,27+,29-,30-,31+,32+,33-,34+,37+,38+,39-/m1/s1. The molecule has 0 amide bonds. The van der Waals surface area contributed by atoms with Gasteiger partial charge in [0.25, 0.3) is 0 Å². The van der Waals surface area contributed by atoms with E-state index in [1.54, 1.807) is 0 Å². The fraction of sp³-hybridized carbons (Fsp3) is 0.795. The lowest BCUT2D eigenvalue weighted by Crippen LogP contribution is -2.62. The van der Waals surface area contributed by atoms with Crippen molar-refractivity contribution >= 4 is 40.8 Å². The molecular weight excluding hydrogens is 649 g/mol. The number of nitrogens with zero attached hydrogens (tertiary/aromatic N) is 1. The molecule has 4 aliphatic rings. The first-order valence-corrected chi connectivity index (χ1v) is 19.6. The number of hydrogen-bond donors (Lipinski definition) is 2. The van der Waals surface area contributed by atoms with Crippen molar-refractivity contribution in [1.29, 1.82) is 0 Å². The fourth-order valence-corrected chi connectivity index (χ4v) is 11.4. The second-order valence-corrected chi connectivity index (χ2v) is 16.7. The molecule has 1 aromatic rings. The summed E-state index contributed by atoms with van der Waals surface area (Å²) in [5.74, 6) is 2.38. The molecule has 2 N–H and O–H groups in total. The van der Waals surface area contributed by atoms with Gasteiger partial charge in [0.15, 0.2) is 0 Å². The fourth-order valence-electron chi connectivity index (χ4n) is 11.0. The van der Waals surface area contributed by atoms with E-state index in [4.69, 9.17) is 32.7 Å². The third kappa shape index (κ3) is 7.70. The summed E-state index contributed by atoms with van der Waals surface area (Å²) in [5.41, 5.74) is 2.05. The Bertz CT molecular complexity index is 1230. The highest BCUT2D eigenvalue weighted by atomic mass is 35.5. The molecule has 0 bridgehead atoms. The number of carbonyl (C=O) groups excluding carboxylic acids is 2. The molecule has 4 saturated carbocycles. The highest BCUT2D eigenvalue weighted by Crippen LogP contribution is 2.68. The number of aliphatic hydroxyl groups is 2. The summed E-state index contributed by atoms with van der Waals surface area (Å²) in [4.78, 5) is 27.0. The number of carbonyl (C=O) groups is 2. The Morgan fingerprint density at radius 2 is 1.67 bits per heavy atom. The van der Waals surface area contributed by atoms with Crippen molar-refractivity contribution in [2.45, 2.75) is 116 Å². The number of esters is 2. The third-order valence-electron chi connectivity index (χ3n) is 13.7. The predicted molar refractivity (Wildman–Crippen MR) is 191 cm³/mol. The van der Waals surface area contributed by atoms with Crippen LogP contribution < -0.4 is 4.90 Å². The van der Waals surface area contributed by atoms with Gasteiger partial charge in [-0.25, -0.2) is 0 Å². The van der Waals surface area contributed by atoms with Crippen molar-refractivity contribution < 1.29 is 29.3 Å². The van der Waals surface area contributed by atoms with Gasteiger partial charge >= 0.3 is 11.9 Å². The molecule has 9 heteroatoms. The quantitative estimate of drug-likeness (QED) is 0.154. The Kier molecular flexibility index (Phi) is 12.7. The van der Waals surface area contributed by atoms with Gasteiger partial charge in [-0.15, -0.1) is 23.2 Å². The molecule has 48 heavy (non-hydrogen) atoms. The van der Waals surface area contributed by atoms with Gasteiger partial charge in [0.1, 0.15) is 6.10 Å². The van der Waals surface area contributed by atoms with Crippen molar-refractivity contribution in [1.82, 2.24) is 0 Å². The van der Waals surface area contributed by atoms with Gasteiger partial charge in [-0.2, -0.15) is 0 Å². The number of hydrogen-bond acceptors (Lipinski definition) is 7. The normalized spacial score (nSPS) is 36.3. The smallest absolute Gasteiger partial charge is 0.306 e. The monoisotopic (exact) mass is 707 g/mol.